The Hall–Kier alpha value is -2.70. The molecule has 0 radical (unpaired) electrons. The highest BCUT2D eigenvalue weighted by Gasteiger charge is 2.31. The lowest BCUT2D eigenvalue weighted by atomic mass is 10.0. The van der Waals surface area contributed by atoms with E-state index in [1.165, 1.54) is 4.88 Å². The van der Waals surface area contributed by atoms with Crippen LogP contribution in [0.15, 0.2) is 77.2 Å². The van der Waals surface area contributed by atoms with Crippen molar-refractivity contribution in [2.24, 2.45) is 5.10 Å². The number of nitrogens with zero attached hydrogens (tertiary/aromatic N) is 2. The maximum atomic E-state index is 5.69. The van der Waals surface area contributed by atoms with Crippen LogP contribution in [-0.4, -0.2) is 22.9 Å². The molecule has 0 fully saturated rings. The average Bonchev–Trinajstić information content (AvgIpc) is 3.39. The number of rotatable bonds is 4. The van der Waals surface area contributed by atoms with E-state index in [9.17, 15) is 0 Å². The molecule has 0 saturated heterocycles. The van der Waals surface area contributed by atoms with Gasteiger partial charge in [-0.1, -0.05) is 36.4 Å². The molecular weight excluding hydrogens is 374 g/mol. The summed E-state index contributed by atoms with van der Waals surface area (Å²) >= 11 is 7.39. The van der Waals surface area contributed by atoms with Crippen LogP contribution in [0.1, 0.15) is 22.9 Å². The van der Waals surface area contributed by atoms with E-state index in [1.807, 2.05) is 53.5 Å². The zero-order valence-electron chi connectivity index (χ0n) is 14.8. The van der Waals surface area contributed by atoms with Crippen LogP contribution in [0, 0.1) is 0 Å². The third-order valence-corrected chi connectivity index (χ3v) is 5.66. The molecule has 2 aromatic carbocycles. The van der Waals surface area contributed by atoms with Crippen molar-refractivity contribution >= 4 is 40.1 Å². The molecule has 0 unspecified atom stereocenters. The quantitative estimate of drug-likeness (QED) is 0.610. The summed E-state index contributed by atoms with van der Waals surface area (Å²) in [5.74, 6) is 0.840. The minimum absolute atomic E-state index is 0.0525. The Labute approximate surface area is 168 Å². The van der Waals surface area contributed by atoms with Gasteiger partial charge in [0.05, 0.1) is 23.7 Å². The maximum absolute atomic E-state index is 5.69. The molecule has 136 valence electrons. The SMILES string of the molecule is COc1ccc([C@H]2CC(c3cccs3)=NN2C(=S)Nc2ccccc2)cc1. The molecule has 0 saturated carbocycles. The summed E-state index contributed by atoms with van der Waals surface area (Å²) < 4.78 is 5.29. The molecule has 1 aliphatic heterocycles. The van der Waals surface area contributed by atoms with Gasteiger partial charge in [-0.05, 0) is 53.5 Å². The third kappa shape index (κ3) is 3.86. The first-order chi connectivity index (χ1) is 13.2. The predicted molar refractivity (Wildman–Crippen MR) is 116 cm³/mol. The molecular formula is C21H19N3OS2. The van der Waals surface area contributed by atoms with E-state index in [-0.39, 0.29) is 6.04 Å². The highest BCUT2D eigenvalue weighted by atomic mass is 32.1. The fourth-order valence-electron chi connectivity index (χ4n) is 3.08. The molecule has 0 bridgehead atoms. The second kappa shape index (κ2) is 7.90. The van der Waals surface area contributed by atoms with Crippen molar-refractivity contribution in [2.75, 3.05) is 12.4 Å². The number of methoxy groups -OCH3 is 1. The molecule has 0 amide bonds. The first-order valence-corrected chi connectivity index (χ1v) is 9.94. The Kier molecular flexibility index (Phi) is 5.18. The van der Waals surface area contributed by atoms with Crippen LogP contribution in [0.2, 0.25) is 0 Å². The largest absolute Gasteiger partial charge is 0.497 e. The normalized spacial score (nSPS) is 16.1. The number of hydrogen-bond donors (Lipinski definition) is 1. The summed E-state index contributed by atoms with van der Waals surface area (Å²) in [5.41, 5.74) is 3.17. The molecule has 27 heavy (non-hydrogen) atoms. The standard InChI is InChI=1S/C21H19N3OS2/c1-25-17-11-9-15(10-12-17)19-14-18(20-8-5-13-27-20)23-24(19)21(26)22-16-6-3-2-4-7-16/h2-13,19H,14H2,1H3,(H,22,26)/t19-/m1/s1. The van der Waals surface area contributed by atoms with E-state index >= 15 is 0 Å². The summed E-state index contributed by atoms with van der Waals surface area (Å²) in [7, 11) is 1.67. The van der Waals surface area contributed by atoms with Gasteiger partial charge in [0.15, 0.2) is 5.11 Å². The van der Waals surface area contributed by atoms with E-state index in [1.54, 1.807) is 18.4 Å². The number of ether oxygens (including phenoxy) is 1. The Balaban J connectivity index is 1.63. The van der Waals surface area contributed by atoms with Crippen LogP contribution < -0.4 is 10.1 Å². The molecule has 0 spiro atoms. The van der Waals surface area contributed by atoms with Gasteiger partial charge < -0.3 is 10.1 Å². The Morgan fingerprint density at radius 1 is 1.11 bits per heavy atom. The number of thiophene rings is 1. The first kappa shape index (κ1) is 17.7. The Bertz CT molecular complexity index is 937. The fraction of sp³-hybridized carbons (Fsp3) is 0.143. The van der Waals surface area contributed by atoms with E-state index in [0.717, 1.165) is 29.1 Å². The van der Waals surface area contributed by atoms with Crippen molar-refractivity contribution in [3.05, 3.63) is 82.6 Å². The summed E-state index contributed by atoms with van der Waals surface area (Å²) in [4.78, 5) is 1.18. The lowest BCUT2D eigenvalue weighted by Crippen LogP contribution is -2.31. The highest BCUT2D eigenvalue weighted by molar-refractivity contribution is 7.80. The molecule has 3 aromatic rings. The van der Waals surface area contributed by atoms with Crippen LogP contribution in [-0.2, 0) is 0 Å². The molecule has 1 aliphatic rings. The number of nitrogens with one attached hydrogen (secondary N) is 1. The van der Waals surface area contributed by atoms with E-state index < -0.39 is 0 Å². The van der Waals surface area contributed by atoms with Crippen molar-refractivity contribution in [3.8, 4) is 5.75 Å². The van der Waals surface area contributed by atoms with Crippen molar-refractivity contribution in [1.29, 1.82) is 0 Å². The molecule has 2 heterocycles. The number of hydrogen-bond acceptors (Lipinski definition) is 4. The molecule has 1 N–H and O–H groups in total. The zero-order valence-corrected chi connectivity index (χ0v) is 16.5. The van der Waals surface area contributed by atoms with Gasteiger partial charge in [-0.25, -0.2) is 5.01 Å². The lowest BCUT2D eigenvalue weighted by Gasteiger charge is -2.25. The number of thiocarbonyl (C=S) groups is 1. The van der Waals surface area contributed by atoms with Crippen LogP contribution in [0.3, 0.4) is 0 Å². The number of benzene rings is 2. The molecule has 1 atom stereocenters. The van der Waals surface area contributed by atoms with E-state index in [0.29, 0.717) is 5.11 Å². The van der Waals surface area contributed by atoms with E-state index in [4.69, 9.17) is 22.1 Å². The predicted octanol–water partition coefficient (Wildman–Crippen LogP) is 5.30. The Morgan fingerprint density at radius 3 is 2.56 bits per heavy atom. The smallest absolute Gasteiger partial charge is 0.194 e. The van der Waals surface area contributed by atoms with Crippen molar-refractivity contribution in [2.45, 2.75) is 12.5 Å². The van der Waals surface area contributed by atoms with Crippen LogP contribution in [0.25, 0.3) is 0 Å². The fourth-order valence-corrected chi connectivity index (χ4v) is 4.08. The first-order valence-electron chi connectivity index (χ1n) is 8.65. The average molecular weight is 394 g/mol. The molecule has 1 aromatic heterocycles. The van der Waals surface area contributed by atoms with Crippen molar-refractivity contribution < 1.29 is 4.74 Å². The van der Waals surface area contributed by atoms with Crippen molar-refractivity contribution in [3.63, 3.8) is 0 Å². The van der Waals surface area contributed by atoms with Crippen molar-refractivity contribution in [1.82, 2.24) is 5.01 Å². The van der Waals surface area contributed by atoms with Gasteiger partial charge in [-0.2, -0.15) is 5.10 Å². The summed E-state index contributed by atoms with van der Waals surface area (Å²) in [5, 5.41) is 12.7. The monoisotopic (exact) mass is 393 g/mol. The number of hydrazone groups is 1. The highest BCUT2D eigenvalue weighted by Crippen LogP contribution is 2.35. The van der Waals surface area contributed by atoms with Gasteiger partial charge in [0.1, 0.15) is 5.75 Å². The van der Waals surface area contributed by atoms with Gasteiger partial charge in [0, 0.05) is 12.1 Å². The van der Waals surface area contributed by atoms with Crippen LogP contribution in [0.5, 0.6) is 5.75 Å². The van der Waals surface area contributed by atoms with Gasteiger partial charge in [-0.3, -0.25) is 0 Å². The molecule has 0 aliphatic carbocycles. The van der Waals surface area contributed by atoms with Gasteiger partial charge >= 0.3 is 0 Å². The van der Waals surface area contributed by atoms with Crippen LogP contribution >= 0.6 is 23.6 Å². The van der Waals surface area contributed by atoms with Gasteiger partial charge in [0.25, 0.3) is 0 Å². The third-order valence-electron chi connectivity index (χ3n) is 4.45. The van der Waals surface area contributed by atoms with Gasteiger partial charge in [-0.15, -0.1) is 11.3 Å². The minimum Gasteiger partial charge on any atom is -0.497 e. The minimum atomic E-state index is 0.0525. The second-order valence-corrected chi connectivity index (χ2v) is 7.49. The number of anilines is 1. The lowest BCUT2D eigenvalue weighted by molar-refractivity contribution is 0.374. The zero-order chi connectivity index (χ0) is 18.6. The maximum Gasteiger partial charge on any atom is 0.194 e. The topological polar surface area (TPSA) is 36.9 Å². The van der Waals surface area contributed by atoms with Crippen LogP contribution in [0.4, 0.5) is 5.69 Å². The number of para-hydroxylation sites is 1. The molecule has 4 rings (SSSR count). The summed E-state index contributed by atoms with van der Waals surface area (Å²) in [6.07, 6.45) is 0.809. The van der Waals surface area contributed by atoms with E-state index in [2.05, 4.69) is 28.9 Å². The van der Waals surface area contributed by atoms with Gasteiger partial charge in [0.2, 0.25) is 0 Å². The molecule has 4 nitrogen and oxygen atoms in total. The summed E-state index contributed by atoms with van der Waals surface area (Å²) in [6.45, 7) is 0. The molecule has 6 heteroatoms. The summed E-state index contributed by atoms with van der Waals surface area (Å²) in [6, 6.07) is 22.3. The Morgan fingerprint density at radius 2 is 1.89 bits per heavy atom. The second-order valence-electron chi connectivity index (χ2n) is 6.16.